The summed E-state index contributed by atoms with van der Waals surface area (Å²) < 4.78 is 22.5. The number of rotatable bonds is 7. The minimum Gasteiger partial charge on any atom is -0.492 e. The number of carbonyl (C=O) groups is 1. The third-order valence-electron chi connectivity index (χ3n) is 5.51. The van der Waals surface area contributed by atoms with E-state index in [0.29, 0.717) is 27.4 Å². The van der Waals surface area contributed by atoms with Gasteiger partial charge in [-0.2, -0.15) is 4.98 Å². The number of nitrogen functional groups attached to an aromatic ring is 1. The van der Waals surface area contributed by atoms with Gasteiger partial charge in [0.05, 0.1) is 18.8 Å². The summed E-state index contributed by atoms with van der Waals surface area (Å²) in [5.74, 6) is -0.926. The lowest BCUT2D eigenvalue weighted by Gasteiger charge is -2.15. The number of amides is 1. The van der Waals surface area contributed by atoms with Gasteiger partial charge in [0.25, 0.3) is 5.91 Å². The van der Waals surface area contributed by atoms with Gasteiger partial charge < -0.3 is 20.9 Å². The minimum absolute atomic E-state index is 0.0562. The molecule has 34 heavy (non-hydrogen) atoms. The zero-order chi connectivity index (χ0) is 24.4. The number of benzene rings is 2. The maximum atomic E-state index is 15.6. The van der Waals surface area contributed by atoms with Crippen molar-refractivity contribution in [3.8, 4) is 16.9 Å². The van der Waals surface area contributed by atoms with Crippen LogP contribution in [-0.2, 0) is 0 Å². The number of aryl methyl sites for hydroxylation is 1. The number of carbonyl (C=O) groups excluding carboxylic acids is 1. The highest BCUT2D eigenvalue weighted by Crippen LogP contribution is 2.36. The van der Waals surface area contributed by atoms with Crippen LogP contribution in [0.1, 0.15) is 34.0 Å². The van der Waals surface area contributed by atoms with E-state index >= 15 is 4.39 Å². The van der Waals surface area contributed by atoms with Crippen molar-refractivity contribution in [1.29, 1.82) is 0 Å². The van der Waals surface area contributed by atoms with Gasteiger partial charge >= 0.3 is 0 Å². The lowest BCUT2D eigenvalue weighted by atomic mass is 9.98. The average molecular weight is 484 g/mol. The molecule has 0 bridgehead atoms. The number of nitrogens with zero attached hydrogens (tertiary/aromatic N) is 3. The molecule has 1 atom stereocenters. The van der Waals surface area contributed by atoms with E-state index in [0.717, 1.165) is 0 Å². The van der Waals surface area contributed by atoms with Crippen molar-refractivity contribution in [3.05, 3.63) is 76.2 Å². The van der Waals surface area contributed by atoms with Crippen molar-refractivity contribution in [2.24, 2.45) is 0 Å². The molecule has 10 heteroatoms. The van der Waals surface area contributed by atoms with Crippen LogP contribution in [-0.4, -0.2) is 39.3 Å². The summed E-state index contributed by atoms with van der Waals surface area (Å²) in [6, 6.07) is 11.7. The topological polar surface area (TPSA) is 115 Å². The zero-order valence-electron chi connectivity index (χ0n) is 18.5. The van der Waals surface area contributed by atoms with E-state index in [-0.39, 0.29) is 35.8 Å². The van der Waals surface area contributed by atoms with Gasteiger partial charge in [-0.3, -0.25) is 4.79 Å². The normalized spacial score (nSPS) is 12.0. The number of ether oxygens (including phenoxy) is 1. The molecule has 0 saturated carbocycles. The quantitative estimate of drug-likeness (QED) is 0.367. The first-order chi connectivity index (χ1) is 16.3. The number of aliphatic hydroxyl groups is 1. The van der Waals surface area contributed by atoms with Crippen LogP contribution in [0.15, 0.2) is 48.7 Å². The summed E-state index contributed by atoms with van der Waals surface area (Å²) in [5, 5.41) is 17.6. The van der Waals surface area contributed by atoms with Gasteiger partial charge in [0.2, 0.25) is 5.95 Å². The number of nitrogens with two attached hydrogens (primary N) is 1. The number of aliphatic hydroxyl groups excluding tert-OH is 1. The predicted molar refractivity (Wildman–Crippen MR) is 127 cm³/mol. The van der Waals surface area contributed by atoms with Crippen molar-refractivity contribution in [2.45, 2.75) is 19.4 Å². The van der Waals surface area contributed by atoms with Gasteiger partial charge in [0.15, 0.2) is 11.4 Å². The van der Waals surface area contributed by atoms with Crippen LogP contribution < -0.4 is 15.8 Å². The average Bonchev–Trinajstić information content (AvgIpc) is 3.19. The summed E-state index contributed by atoms with van der Waals surface area (Å²) in [5.41, 5.74) is 7.67. The standard InChI is InChI=1S/C24H23ClFN5O3/c1-13-3-8-16(17-10-12-31-22(21(17)34-2)29-24(27)30-31)20(26)19(13)23(33)28-11-9-18(32)14-4-6-15(25)7-5-14/h3-8,10,12,18,32H,9,11H2,1-2H3,(H2,27,30)(H,28,33)/t18-/m0/s1. The Labute approximate surface area is 200 Å². The first-order valence-corrected chi connectivity index (χ1v) is 10.9. The Bertz CT molecular complexity index is 1360. The molecule has 176 valence electrons. The number of hydrogen-bond donors (Lipinski definition) is 3. The van der Waals surface area contributed by atoms with Crippen molar-refractivity contribution in [1.82, 2.24) is 19.9 Å². The molecule has 2 aromatic carbocycles. The fourth-order valence-corrected chi connectivity index (χ4v) is 3.90. The van der Waals surface area contributed by atoms with Crippen LogP contribution in [0, 0.1) is 12.7 Å². The Morgan fingerprint density at radius 1 is 1.24 bits per heavy atom. The van der Waals surface area contributed by atoms with Gasteiger partial charge in [-0.15, -0.1) is 5.10 Å². The lowest BCUT2D eigenvalue weighted by molar-refractivity contribution is 0.0938. The highest BCUT2D eigenvalue weighted by Gasteiger charge is 2.23. The molecule has 0 aliphatic rings. The van der Waals surface area contributed by atoms with Crippen molar-refractivity contribution >= 4 is 29.1 Å². The molecule has 0 aliphatic carbocycles. The van der Waals surface area contributed by atoms with Gasteiger partial charge in [-0.1, -0.05) is 35.9 Å². The van der Waals surface area contributed by atoms with Gasteiger partial charge in [-0.25, -0.2) is 8.91 Å². The largest absolute Gasteiger partial charge is 0.492 e. The second-order valence-electron chi connectivity index (χ2n) is 7.73. The second-order valence-corrected chi connectivity index (χ2v) is 8.17. The smallest absolute Gasteiger partial charge is 0.254 e. The molecule has 0 fully saturated rings. The van der Waals surface area contributed by atoms with Crippen LogP contribution in [0.5, 0.6) is 5.75 Å². The van der Waals surface area contributed by atoms with E-state index in [1.807, 2.05) is 0 Å². The Balaban J connectivity index is 1.57. The Kier molecular flexibility index (Phi) is 6.67. The summed E-state index contributed by atoms with van der Waals surface area (Å²) in [4.78, 5) is 17.0. The monoisotopic (exact) mass is 483 g/mol. The molecule has 0 saturated heterocycles. The second kappa shape index (κ2) is 9.66. The summed E-state index contributed by atoms with van der Waals surface area (Å²) in [6.45, 7) is 1.81. The van der Waals surface area contributed by atoms with E-state index in [1.54, 1.807) is 55.6 Å². The Morgan fingerprint density at radius 3 is 2.68 bits per heavy atom. The summed E-state index contributed by atoms with van der Waals surface area (Å²) >= 11 is 5.87. The predicted octanol–water partition coefficient (Wildman–Crippen LogP) is 3.94. The number of anilines is 1. The summed E-state index contributed by atoms with van der Waals surface area (Å²) in [6.07, 6.45) is 1.06. The molecule has 0 aliphatic heterocycles. The molecule has 0 radical (unpaired) electrons. The molecule has 4 rings (SSSR count). The van der Waals surface area contributed by atoms with Gasteiger partial charge in [0.1, 0.15) is 5.82 Å². The number of hydrogen-bond acceptors (Lipinski definition) is 6. The number of aromatic nitrogens is 3. The van der Waals surface area contributed by atoms with E-state index in [2.05, 4.69) is 15.4 Å². The molecule has 0 spiro atoms. The Morgan fingerprint density at radius 2 is 1.97 bits per heavy atom. The van der Waals surface area contributed by atoms with Crippen molar-refractivity contribution in [2.75, 3.05) is 19.4 Å². The van der Waals surface area contributed by atoms with E-state index in [1.165, 1.54) is 11.6 Å². The number of pyridine rings is 1. The highest BCUT2D eigenvalue weighted by atomic mass is 35.5. The number of fused-ring (bicyclic) bond motifs is 1. The highest BCUT2D eigenvalue weighted by molar-refractivity contribution is 6.30. The Hall–Kier alpha value is -3.69. The SMILES string of the molecule is COc1c(-c2ccc(C)c(C(=O)NCC[C@H](O)c3ccc(Cl)cc3)c2F)ccn2nc(N)nc12. The molecule has 0 unspecified atom stereocenters. The van der Waals surface area contributed by atoms with E-state index in [4.69, 9.17) is 22.1 Å². The molecule has 4 N–H and O–H groups in total. The molecule has 2 heterocycles. The number of nitrogens with one attached hydrogen (secondary N) is 1. The number of methoxy groups -OCH3 is 1. The molecule has 4 aromatic rings. The molecular formula is C24H23ClFN5O3. The third-order valence-corrected chi connectivity index (χ3v) is 5.76. The fraction of sp³-hybridized carbons (Fsp3) is 0.208. The fourth-order valence-electron chi connectivity index (χ4n) is 3.77. The summed E-state index contributed by atoms with van der Waals surface area (Å²) in [7, 11) is 1.44. The molecule has 8 nitrogen and oxygen atoms in total. The molecular weight excluding hydrogens is 461 g/mol. The van der Waals surface area contributed by atoms with Gasteiger partial charge in [0, 0.05) is 28.9 Å². The third kappa shape index (κ3) is 4.52. The van der Waals surface area contributed by atoms with Crippen LogP contribution in [0.2, 0.25) is 5.02 Å². The maximum absolute atomic E-state index is 15.6. The maximum Gasteiger partial charge on any atom is 0.254 e. The van der Waals surface area contributed by atoms with Crippen LogP contribution >= 0.6 is 11.6 Å². The molecule has 1 amide bonds. The van der Waals surface area contributed by atoms with Crippen LogP contribution in [0.4, 0.5) is 10.3 Å². The number of halogens is 2. The molecule has 2 aromatic heterocycles. The lowest BCUT2D eigenvalue weighted by Crippen LogP contribution is -2.27. The van der Waals surface area contributed by atoms with E-state index in [9.17, 15) is 9.90 Å². The van der Waals surface area contributed by atoms with Crippen molar-refractivity contribution < 1.29 is 19.0 Å². The first kappa shape index (κ1) is 23.5. The van der Waals surface area contributed by atoms with Crippen LogP contribution in [0.25, 0.3) is 16.8 Å². The van der Waals surface area contributed by atoms with Crippen LogP contribution in [0.3, 0.4) is 0 Å². The first-order valence-electron chi connectivity index (χ1n) is 10.5. The van der Waals surface area contributed by atoms with Crippen molar-refractivity contribution in [3.63, 3.8) is 0 Å². The zero-order valence-corrected chi connectivity index (χ0v) is 19.3. The van der Waals surface area contributed by atoms with E-state index < -0.39 is 17.8 Å². The van der Waals surface area contributed by atoms with Gasteiger partial charge in [-0.05, 0) is 42.7 Å². The minimum atomic E-state index is -0.790.